The van der Waals surface area contributed by atoms with Crippen LogP contribution in [0.15, 0.2) is 29.1 Å². The summed E-state index contributed by atoms with van der Waals surface area (Å²) in [5, 5.41) is 0.768. The molecule has 2 heterocycles. The lowest BCUT2D eigenvalue weighted by Crippen LogP contribution is -2.28. The van der Waals surface area contributed by atoms with Crippen LogP contribution in [0.3, 0.4) is 0 Å². The Labute approximate surface area is 163 Å². The quantitative estimate of drug-likeness (QED) is 0.515. The van der Waals surface area contributed by atoms with Gasteiger partial charge in [-0.1, -0.05) is 39.0 Å². The molecule has 0 radical (unpaired) electrons. The van der Waals surface area contributed by atoms with E-state index in [2.05, 4.69) is 26.2 Å². The van der Waals surface area contributed by atoms with Gasteiger partial charge in [-0.25, -0.2) is 15.4 Å². The summed E-state index contributed by atoms with van der Waals surface area (Å²) in [7, 11) is 0. The fourth-order valence-electron chi connectivity index (χ4n) is 4.10. The van der Waals surface area contributed by atoms with Crippen molar-refractivity contribution in [3.63, 3.8) is 0 Å². The number of aryl methyl sites for hydroxylation is 2. The van der Waals surface area contributed by atoms with Gasteiger partial charge in [0.15, 0.2) is 0 Å². The number of para-hydroxylation sites is 1. The molecule has 0 amide bonds. The highest BCUT2D eigenvalue weighted by Gasteiger charge is 2.32. The number of nitrogens with two attached hydrogens (primary N) is 1. The second kappa shape index (κ2) is 6.46. The second-order valence-electron chi connectivity index (χ2n) is 8.50. The molecule has 1 unspecified atom stereocenters. The molecule has 1 aliphatic rings. The molecule has 4 rings (SSSR count). The van der Waals surface area contributed by atoms with E-state index in [1.807, 2.05) is 31.2 Å². The maximum Gasteiger partial charge on any atom is 0.268 e. The van der Waals surface area contributed by atoms with E-state index in [1.165, 1.54) is 10.4 Å². The third kappa shape index (κ3) is 2.97. The van der Waals surface area contributed by atoms with Crippen molar-refractivity contribution in [1.82, 2.24) is 9.55 Å². The van der Waals surface area contributed by atoms with Gasteiger partial charge in [0.05, 0.1) is 11.1 Å². The normalized spacial score (nSPS) is 17.1. The Morgan fingerprint density at radius 2 is 2.04 bits per heavy atom. The van der Waals surface area contributed by atoms with E-state index >= 15 is 0 Å². The van der Waals surface area contributed by atoms with E-state index in [0.717, 1.165) is 40.7 Å². The molecule has 1 aliphatic carbocycles. The number of thiophene rings is 1. The summed E-state index contributed by atoms with van der Waals surface area (Å²) in [6.45, 7) is 8.89. The number of hydrogen-bond acceptors (Lipinski definition) is 5. The van der Waals surface area contributed by atoms with Gasteiger partial charge in [-0.05, 0) is 54.7 Å². The van der Waals surface area contributed by atoms with Crippen LogP contribution in [0.2, 0.25) is 0 Å². The van der Waals surface area contributed by atoms with E-state index in [9.17, 15) is 4.79 Å². The van der Waals surface area contributed by atoms with Crippen molar-refractivity contribution in [2.45, 2.75) is 47.0 Å². The molecule has 0 aliphatic heterocycles. The van der Waals surface area contributed by atoms with Crippen molar-refractivity contribution in [3.8, 4) is 5.69 Å². The SMILES string of the molecule is Cc1ccccc1-n1c(NN)nc2sc3c(c2c1=O)CCC(C(C)(C)C)C3. The van der Waals surface area contributed by atoms with Gasteiger partial charge >= 0.3 is 0 Å². The van der Waals surface area contributed by atoms with Crippen LogP contribution in [0.1, 0.15) is 43.2 Å². The lowest BCUT2D eigenvalue weighted by Gasteiger charge is -2.33. The number of hydrazine groups is 1. The Kier molecular flexibility index (Phi) is 4.35. The van der Waals surface area contributed by atoms with Crippen molar-refractivity contribution in [2.75, 3.05) is 5.43 Å². The number of fused-ring (bicyclic) bond motifs is 3. The minimum absolute atomic E-state index is 0.0334. The van der Waals surface area contributed by atoms with Gasteiger partial charge in [-0.3, -0.25) is 10.2 Å². The molecule has 6 heteroatoms. The highest BCUT2D eigenvalue weighted by atomic mass is 32.1. The van der Waals surface area contributed by atoms with Crippen LogP contribution in [0.25, 0.3) is 15.9 Å². The summed E-state index contributed by atoms with van der Waals surface area (Å²) in [4.78, 5) is 20.3. The first kappa shape index (κ1) is 18.2. The van der Waals surface area contributed by atoms with Crippen molar-refractivity contribution in [3.05, 3.63) is 50.6 Å². The number of rotatable bonds is 2. The van der Waals surface area contributed by atoms with Crippen LogP contribution < -0.4 is 16.8 Å². The first-order valence-corrected chi connectivity index (χ1v) is 10.2. The summed E-state index contributed by atoms with van der Waals surface area (Å²) in [6.07, 6.45) is 3.08. The zero-order valence-corrected chi connectivity index (χ0v) is 17.1. The van der Waals surface area contributed by atoms with E-state index in [1.54, 1.807) is 15.9 Å². The number of benzene rings is 1. The predicted octanol–water partition coefficient (Wildman–Crippen LogP) is 4.19. The molecule has 0 saturated heterocycles. The zero-order valence-electron chi connectivity index (χ0n) is 16.3. The maximum atomic E-state index is 13.5. The molecule has 1 atom stereocenters. The van der Waals surface area contributed by atoms with Crippen LogP contribution in [0, 0.1) is 18.3 Å². The molecule has 27 heavy (non-hydrogen) atoms. The summed E-state index contributed by atoms with van der Waals surface area (Å²) < 4.78 is 1.61. The molecular formula is C21H26N4OS. The fourth-order valence-corrected chi connectivity index (χ4v) is 5.39. The molecule has 5 nitrogen and oxygen atoms in total. The highest BCUT2D eigenvalue weighted by molar-refractivity contribution is 7.18. The minimum Gasteiger partial charge on any atom is -0.293 e. The molecule has 0 bridgehead atoms. The van der Waals surface area contributed by atoms with Gasteiger partial charge in [0, 0.05) is 4.88 Å². The van der Waals surface area contributed by atoms with E-state index in [-0.39, 0.29) is 11.0 Å². The Bertz CT molecular complexity index is 1070. The van der Waals surface area contributed by atoms with Crippen molar-refractivity contribution in [1.29, 1.82) is 0 Å². The largest absolute Gasteiger partial charge is 0.293 e. The van der Waals surface area contributed by atoms with Crippen LogP contribution >= 0.6 is 11.3 Å². The molecule has 1 aromatic carbocycles. The zero-order chi connectivity index (χ0) is 19.3. The summed E-state index contributed by atoms with van der Waals surface area (Å²) >= 11 is 1.65. The smallest absolute Gasteiger partial charge is 0.268 e. The Balaban J connectivity index is 1.95. The number of aromatic nitrogens is 2. The molecule has 0 spiro atoms. The lowest BCUT2D eigenvalue weighted by atomic mass is 9.72. The second-order valence-corrected chi connectivity index (χ2v) is 9.58. The van der Waals surface area contributed by atoms with E-state index in [0.29, 0.717) is 11.9 Å². The molecular weight excluding hydrogens is 356 g/mol. The first-order valence-electron chi connectivity index (χ1n) is 9.41. The molecule has 0 fully saturated rings. The third-order valence-corrected chi connectivity index (χ3v) is 6.94. The number of nitrogens with one attached hydrogen (secondary N) is 1. The van der Waals surface area contributed by atoms with E-state index in [4.69, 9.17) is 10.8 Å². The minimum atomic E-state index is -0.0334. The first-order chi connectivity index (χ1) is 12.8. The van der Waals surface area contributed by atoms with Crippen LogP contribution in [-0.4, -0.2) is 9.55 Å². The van der Waals surface area contributed by atoms with Gasteiger partial charge < -0.3 is 0 Å². The lowest BCUT2D eigenvalue weighted by molar-refractivity contribution is 0.218. The third-order valence-electron chi connectivity index (χ3n) is 5.79. The standard InChI is InChI=1S/C21H26N4OS/c1-12-7-5-6-8-15(12)25-19(26)17-14-10-9-13(21(2,3)4)11-16(14)27-18(17)23-20(25)24-22/h5-8,13H,9-11,22H2,1-4H3,(H,23,24). The van der Waals surface area contributed by atoms with Gasteiger partial charge in [-0.15, -0.1) is 11.3 Å². The summed E-state index contributed by atoms with van der Waals surface area (Å²) in [5.41, 5.74) is 5.88. The molecule has 2 aromatic heterocycles. The van der Waals surface area contributed by atoms with Gasteiger partial charge in [0.1, 0.15) is 4.83 Å². The van der Waals surface area contributed by atoms with Crippen LogP contribution in [0.5, 0.6) is 0 Å². The fraction of sp³-hybridized carbons (Fsp3) is 0.429. The Morgan fingerprint density at radius 3 is 2.70 bits per heavy atom. The summed E-state index contributed by atoms with van der Waals surface area (Å²) in [5.74, 6) is 6.74. The van der Waals surface area contributed by atoms with Crippen LogP contribution in [-0.2, 0) is 12.8 Å². The highest BCUT2D eigenvalue weighted by Crippen LogP contribution is 2.42. The topological polar surface area (TPSA) is 72.9 Å². The van der Waals surface area contributed by atoms with Crippen molar-refractivity contribution < 1.29 is 0 Å². The Morgan fingerprint density at radius 1 is 1.30 bits per heavy atom. The van der Waals surface area contributed by atoms with Gasteiger partial charge in [0.2, 0.25) is 5.95 Å². The number of hydrogen-bond donors (Lipinski definition) is 2. The average molecular weight is 383 g/mol. The van der Waals surface area contributed by atoms with E-state index < -0.39 is 0 Å². The van der Waals surface area contributed by atoms with Gasteiger partial charge in [0.25, 0.3) is 5.56 Å². The maximum absolute atomic E-state index is 13.5. The number of nitrogens with zero attached hydrogens (tertiary/aromatic N) is 2. The molecule has 0 saturated carbocycles. The van der Waals surface area contributed by atoms with Gasteiger partial charge in [-0.2, -0.15) is 0 Å². The van der Waals surface area contributed by atoms with Crippen molar-refractivity contribution >= 4 is 27.5 Å². The van der Waals surface area contributed by atoms with Crippen molar-refractivity contribution in [2.24, 2.45) is 17.2 Å². The number of nitrogen functional groups attached to an aromatic ring is 1. The predicted molar refractivity (Wildman–Crippen MR) is 113 cm³/mol. The average Bonchev–Trinajstić information content (AvgIpc) is 2.99. The number of anilines is 1. The van der Waals surface area contributed by atoms with Crippen LogP contribution in [0.4, 0.5) is 5.95 Å². The summed E-state index contributed by atoms with van der Waals surface area (Å²) in [6, 6.07) is 7.81. The monoisotopic (exact) mass is 382 g/mol. The molecule has 3 aromatic rings. The molecule has 3 N–H and O–H groups in total. The molecule has 142 valence electrons. The Hall–Kier alpha value is -2.18.